The zero-order valence-electron chi connectivity index (χ0n) is 48.0. The molecule has 6 atom stereocenters. The predicted octanol–water partition coefficient (Wildman–Crippen LogP) is -0.712. The number of hydrogen-bond donors (Lipinski definition) is 14. The molecule has 0 radical (unpaired) electrons. The van der Waals surface area contributed by atoms with E-state index in [4.69, 9.17) is 30.5 Å². The summed E-state index contributed by atoms with van der Waals surface area (Å²) < 4.78 is 103. The summed E-state index contributed by atoms with van der Waals surface area (Å²) in [5.41, 5.74) is 14.6. The SMILES string of the molecule is CB(O)N=C(NCc1csc2c1[C@@H](C(C)=O)N1CC2N(O)C1=O)NB(C)O.CB(O)N=C(NCc1csc2c1[C@@H](C(C)=O)N1CC2N(OS(=O)(=O)O)C1=O)NB(C)O.CC(=O)[C@@H]1c2c(CN=C(N)N)csc2C2CN1C(=O)N2OS(=O)(=O)O.O=C(O)C(F)(F)F. The maximum atomic E-state index is 12.7. The van der Waals surface area contributed by atoms with Gasteiger partial charge in [-0.2, -0.15) is 45.2 Å². The second kappa shape index (κ2) is 28.5. The van der Waals surface area contributed by atoms with E-state index in [0.29, 0.717) is 47.2 Å². The molecule has 36 nitrogen and oxygen atoms in total. The molecule has 0 spiro atoms. The van der Waals surface area contributed by atoms with E-state index in [1.165, 1.54) is 96.8 Å². The van der Waals surface area contributed by atoms with Crippen LogP contribution in [0.2, 0.25) is 27.3 Å². The van der Waals surface area contributed by atoms with E-state index in [0.717, 1.165) is 16.0 Å². The Morgan fingerprint density at radius 3 is 1.27 bits per heavy atom. The summed E-state index contributed by atoms with van der Waals surface area (Å²) in [6, 6.07) is -6.92. The van der Waals surface area contributed by atoms with Gasteiger partial charge in [0.1, 0.15) is 36.3 Å². The van der Waals surface area contributed by atoms with Gasteiger partial charge in [-0.3, -0.25) is 38.5 Å². The molecule has 3 aromatic rings. The lowest BCUT2D eigenvalue weighted by molar-refractivity contribution is -0.192. The van der Waals surface area contributed by atoms with Crippen molar-refractivity contribution in [3.63, 3.8) is 0 Å². The van der Waals surface area contributed by atoms with Crippen LogP contribution in [0.5, 0.6) is 0 Å². The highest BCUT2D eigenvalue weighted by atomic mass is 32.3. The molecule has 0 aromatic carbocycles. The van der Waals surface area contributed by atoms with Crippen LogP contribution < -0.4 is 32.6 Å². The van der Waals surface area contributed by atoms with E-state index in [1.807, 2.05) is 5.38 Å². The average Bonchev–Trinajstić information content (AvgIpc) is 1.67. The Hall–Kier alpha value is -7.21. The van der Waals surface area contributed by atoms with Crippen molar-refractivity contribution in [1.82, 2.24) is 51.0 Å². The summed E-state index contributed by atoms with van der Waals surface area (Å²) in [4.78, 5) is 101. The second-order valence-electron chi connectivity index (χ2n) is 20.1. The molecule has 0 aliphatic carbocycles. The van der Waals surface area contributed by atoms with Gasteiger partial charge in [0, 0.05) is 44.4 Å². The summed E-state index contributed by atoms with van der Waals surface area (Å²) in [5, 5.41) is 73.6. The zero-order chi connectivity index (χ0) is 67.6. The van der Waals surface area contributed by atoms with Crippen LogP contribution in [0.25, 0.3) is 0 Å². The Bertz CT molecular complexity index is 3590. The monoisotopic (exact) mass is 1370 g/mol. The third-order valence-corrected chi connectivity index (χ3v) is 17.3. The Kier molecular flexibility index (Phi) is 22.8. The van der Waals surface area contributed by atoms with Gasteiger partial charge < -0.3 is 72.5 Å². The van der Waals surface area contributed by atoms with Gasteiger partial charge in [-0.15, -0.1) is 42.6 Å². The van der Waals surface area contributed by atoms with Crippen molar-refractivity contribution in [1.29, 1.82) is 0 Å². The molecule has 9 heterocycles. The van der Waals surface area contributed by atoms with Gasteiger partial charge in [0.2, 0.25) is 0 Å². The Morgan fingerprint density at radius 2 is 0.956 bits per heavy atom. The Morgan fingerprint density at radius 1 is 0.633 bits per heavy atom. The Labute approximate surface area is 522 Å². The molecule has 16 N–H and O–H groups in total. The lowest BCUT2D eigenvalue weighted by atomic mass is 9.88. The van der Waals surface area contributed by atoms with Crippen LogP contribution in [-0.2, 0) is 68.2 Å². The first-order chi connectivity index (χ1) is 41.6. The fourth-order valence-corrected chi connectivity index (χ4v) is 14.3. The molecular formula is C42H58B4F3N15O21S5. The Balaban J connectivity index is 0.000000205. The highest BCUT2D eigenvalue weighted by Crippen LogP contribution is 2.51. The lowest BCUT2D eigenvalue weighted by Gasteiger charge is -2.30. The number of carbonyl (C=O) groups excluding carboxylic acids is 6. The van der Waals surface area contributed by atoms with Crippen LogP contribution in [-0.4, -0.2) is 200 Å². The van der Waals surface area contributed by atoms with Crippen molar-refractivity contribution < 1.29 is 112 Å². The van der Waals surface area contributed by atoms with Crippen LogP contribution in [0, 0.1) is 0 Å². The molecule has 3 unspecified atom stereocenters. The van der Waals surface area contributed by atoms with Crippen molar-refractivity contribution in [3.05, 3.63) is 64.2 Å². The fraction of sp³-hybridized carbons (Fsp3) is 0.476. The van der Waals surface area contributed by atoms with Crippen molar-refractivity contribution in [2.24, 2.45) is 26.3 Å². The molecule has 6 bridgehead atoms. The van der Waals surface area contributed by atoms with E-state index in [2.05, 4.69) is 44.5 Å². The van der Waals surface area contributed by atoms with Gasteiger partial charge in [0.15, 0.2) is 35.2 Å². The number of urea groups is 3. The third kappa shape index (κ3) is 16.8. The smallest absolute Gasteiger partial charge is 0.475 e. The number of aliphatic imine (C=N–C) groups is 1. The number of nitrogens with one attached hydrogen (secondary N) is 4. The van der Waals surface area contributed by atoms with Crippen LogP contribution in [0.3, 0.4) is 0 Å². The number of alkyl halides is 3. The molecule has 6 aliphatic heterocycles. The number of carboxylic acids is 1. The maximum absolute atomic E-state index is 12.7. The standard InChI is InChI=1S/C14H21B2N5O8S2.C14H21B2N5O5S.C12H15N5O6S2.C2HF3O2/c1-7(22)11-10-8(4-17-13(18-15(2)24)19-16(3)25)6-30-12(10)9-5-20(11)14(23)21(9)29-31(26,27)28;1-7(22)11-10-8(4-17-13(18-15(2)24)19-16(3)25)6-27-12(10)9-5-20(11)14(23)21(9)26;1-5(18)9-8-6(2-15-11(13)14)4-24-10(8)7-3-16(9)12(19)17(7)23-25(20,21)22;3-2(4,5)1(6)7/h6,9,11,24-25H,4-5H2,1-3H3,(H2,17,18,19)(H,26,27,28);6,9,11,24-26H,4-5H2,1-3H3,(H2,17,18,19);4,7,9H,2-3H2,1H3,(H4,13,14,15)(H,20,21,22);(H,6,7)/t2*9?,11-;7?,9-;/m111./s1. The van der Waals surface area contributed by atoms with E-state index in [-0.39, 0.29) is 74.5 Å². The van der Waals surface area contributed by atoms with Crippen molar-refractivity contribution in [2.75, 3.05) is 19.6 Å². The summed E-state index contributed by atoms with van der Waals surface area (Å²) in [7, 11) is -13.7. The van der Waals surface area contributed by atoms with Crippen LogP contribution in [0.4, 0.5) is 27.6 Å². The van der Waals surface area contributed by atoms with E-state index in [9.17, 15) is 84.1 Å². The number of aliphatic carboxylic acids is 1. The number of thiophene rings is 3. The zero-order valence-corrected chi connectivity index (χ0v) is 52.1. The van der Waals surface area contributed by atoms with E-state index >= 15 is 0 Å². The average molecular weight is 1370 g/mol. The van der Waals surface area contributed by atoms with Gasteiger partial charge in [0.05, 0.1) is 26.2 Å². The summed E-state index contributed by atoms with van der Waals surface area (Å²) in [5.74, 6) is -3.36. The number of hydrogen-bond acceptors (Lipinski definition) is 24. The highest BCUT2D eigenvalue weighted by Gasteiger charge is 2.55. The lowest BCUT2D eigenvalue weighted by Crippen LogP contribution is -2.45. The number of halogens is 3. The molecule has 90 heavy (non-hydrogen) atoms. The fourth-order valence-electron chi connectivity index (χ4n) is 10.1. The maximum Gasteiger partial charge on any atom is 0.490 e. The predicted molar refractivity (Wildman–Crippen MR) is 314 cm³/mol. The minimum Gasteiger partial charge on any atom is -0.475 e. The normalized spacial score (nSPS) is 20.5. The molecule has 0 saturated carbocycles. The largest absolute Gasteiger partial charge is 0.490 e. The second-order valence-corrected chi connectivity index (χ2v) is 24.9. The number of Topliss-reactive ketones (excluding diaryl/α,β-unsaturated/α-hetero) is 3. The molecule has 490 valence electrons. The van der Waals surface area contributed by atoms with Gasteiger partial charge in [-0.05, 0) is 80.9 Å². The molecule has 6 aliphatic rings. The van der Waals surface area contributed by atoms with Crippen LogP contribution in [0.1, 0.15) is 105 Å². The number of fused-ring (bicyclic) bond motifs is 12. The first kappa shape index (κ1) is 71.9. The van der Waals surface area contributed by atoms with Crippen molar-refractivity contribution in [3.8, 4) is 0 Å². The number of hydroxylamine groups is 6. The number of nitrogens with zero attached hydrogens (tertiary/aromatic N) is 9. The topological polar surface area (TPSA) is 525 Å². The number of carboxylic acid groups (broad SMARTS) is 1. The highest BCUT2D eigenvalue weighted by molar-refractivity contribution is 7.81. The number of rotatable bonds is 17. The molecule has 6 amide bonds. The molecular weight excluding hydrogens is 1310 g/mol. The van der Waals surface area contributed by atoms with Crippen molar-refractivity contribution in [2.45, 2.75) is 110 Å². The number of ketones is 3. The summed E-state index contributed by atoms with van der Waals surface area (Å²) >= 11 is 3.84. The quantitative estimate of drug-likeness (QED) is 0.0261. The minimum absolute atomic E-state index is 0.0251. The van der Waals surface area contributed by atoms with Crippen molar-refractivity contribution >= 4 is 142 Å². The third-order valence-electron chi connectivity index (χ3n) is 13.2. The first-order valence-corrected chi connectivity index (χ1v) is 31.4. The van der Waals surface area contributed by atoms with Gasteiger partial charge in [0.25, 0.3) is 0 Å². The van der Waals surface area contributed by atoms with Gasteiger partial charge >= 0.3 is 79.2 Å². The molecule has 3 fully saturated rings. The van der Waals surface area contributed by atoms with Crippen LogP contribution >= 0.6 is 34.0 Å². The van der Waals surface area contributed by atoms with Gasteiger partial charge in [-0.25, -0.2) is 24.2 Å². The summed E-state index contributed by atoms with van der Waals surface area (Å²) in [6.07, 6.45) is -5.08. The molecule has 9 rings (SSSR count). The number of nitrogens with two attached hydrogens (primary N) is 2. The number of carbonyl (C=O) groups is 7. The molecule has 3 saturated heterocycles. The first-order valence-electron chi connectivity index (χ1n) is 26.0. The minimum atomic E-state index is -5.08. The van der Waals surface area contributed by atoms with Crippen LogP contribution in [0.15, 0.2) is 30.9 Å². The van der Waals surface area contributed by atoms with E-state index in [1.54, 1.807) is 10.8 Å². The van der Waals surface area contributed by atoms with E-state index < -0.39 is 115 Å². The van der Waals surface area contributed by atoms with Gasteiger partial charge in [-0.1, -0.05) is 0 Å². The molecule has 3 aromatic heterocycles. The number of amides is 6. The number of guanidine groups is 3. The molecule has 48 heteroatoms. The summed E-state index contributed by atoms with van der Waals surface area (Å²) in [6.45, 7) is 10.9.